The molecule has 0 aliphatic carbocycles. The van der Waals surface area contributed by atoms with E-state index in [0.29, 0.717) is 12.2 Å². The van der Waals surface area contributed by atoms with E-state index >= 15 is 0 Å². The molecule has 0 aliphatic rings. The van der Waals surface area contributed by atoms with Gasteiger partial charge in [0.25, 0.3) is 0 Å². The first-order valence-corrected chi connectivity index (χ1v) is 10.8. The number of amides is 1. The third-order valence-corrected chi connectivity index (χ3v) is 6.39. The second-order valence-corrected chi connectivity index (χ2v) is 8.56. The van der Waals surface area contributed by atoms with Gasteiger partial charge in [0, 0.05) is 12.6 Å². The topological polar surface area (TPSA) is 75.7 Å². The van der Waals surface area contributed by atoms with Crippen LogP contribution >= 0.6 is 0 Å². The lowest BCUT2D eigenvalue weighted by Gasteiger charge is -2.23. The molecule has 7 heteroatoms. The summed E-state index contributed by atoms with van der Waals surface area (Å²) in [5.74, 6) is 0.267. The van der Waals surface area contributed by atoms with Gasteiger partial charge >= 0.3 is 0 Å². The number of carbonyl (C=O) groups is 1. The lowest BCUT2D eigenvalue weighted by Crippen LogP contribution is -2.44. The fourth-order valence-corrected chi connectivity index (χ4v) is 4.06. The highest BCUT2D eigenvalue weighted by molar-refractivity contribution is 7.89. The van der Waals surface area contributed by atoms with Crippen LogP contribution in [0.2, 0.25) is 0 Å². The molecule has 152 valence electrons. The fourth-order valence-electron chi connectivity index (χ4n) is 2.66. The van der Waals surface area contributed by atoms with Crippen molar-refractivity contribution < 1.29 is 17.9 Å². The van der Waals surface area contributed by atoms with Crippen LogP contribution < -0.4 is 10.1 Å². The van der Waals surface area contributed by atoms with Crippen LogP contribution in [0.5, 0.6) is 5.75 Å². The van der Waals surface area contributed by atoms with Crippen LogP contribution in [0.3, 0.4) is 0 Å². The van der Waals surface area contributed by atoms with Crippen molar-refractivity contribution in [3.05, 3.63) is 60.2 Å². The van der Waals surface area contributed by atoms with Crippen molar-refractivity contribution >= 4 is 15.9 Å². The van der Waals surface area contributed by atoms with Gasteiger partial charge in [-0.05, 0) is 49.6 Å². The SMILES string of the molecule is CC[C@@H](C)NC(=O)CN(CCc1ccccc1)S(=O)(=O)c1ccc(OC)cc1. The number of carbonyl (C=O) groups excluding carboxylic acids is 1. The Hall–Kier alpha value is -2.38. The van der Waals surface area contributed by atoms with Crippen molar-refractivity contribution in [2.24, 2.45) is 0 Å². The second kappa shape index (κ2) is 10.2. The zero-order chi connectivity index (χ0) is 20.6. The summed E-state index contributed by atoms with van der Waals surface area (Å²) in [5, 5.41) is 2.83. The lowest BCUT2D eigenvalue weighted by molar-refractivity contribution is -0.121. The number of rotatable bonds is 10. The highest BCUT2D eigenvalue weighted by atomic mass is 32.2. The predicted octanol–water partition coefficient (Wildman–Crippen LogP) is 2.84. The van der Waals surface area contributed by atoms with Crippen LogP contribution in [0, 0.1) is 0 Å². The van der Waals surface area contributed by atoms with Crippen LogP contribution in [0.1, 0.15) is 25.8 Å². The standard InChI is InChI=1S/C21H28N2O4S/c1-4-17(2)22-21(24)16-23(15-14-18-8-6-5-7-9-18)28(25,26)20-12-10-19(27-3)11-13-20/h5-13,17H,4,14-16H2,1-3H3,(H,22,24)/t17-/m1/s1. The first kappa shape index (κ1) is 21.9. The van der Waals surface area contributed by atoms with E-state index in [1.54, 1.807) is 12.1 Å². The highest BCUT2D eigenvalue weighted by Gasteiger charge is 2.26. The molecule has 0 saturated carbocycles. The van der Waals surface area contributed by atoms with Crippen molar-refractivity contribution in [3.8, 4) is 5.75 Å². The molecular weight excluding hydrogens is 376 g/mol. The molecule has 1 atom stereocenters. The van der Waals surface area contributed by atoms with E-state index < -0.39 is 10.0 Å². The minimum absolute atomic E-state index is 0.00726. The van der Waals surface area contributed by atoms with Crippen LogP contribution in [-0.2, 0) is 21.2 Å². The van der Waals surface area contributed by atoms with Crippen LogP contribution in [-0.4, -0.2) is 44.9 Å². The van der Waals surface area contributed by atoms with Gasteiger partial charge in [0.2, 0.25) is 15.9 Å². The molecule has 6 nitrogen and oxygen atoms in total. The number of hydrogen-bond acceptors (Lipinski definition) is 4. The Morgan fingerprint density at radius 2 is 1.75 bits per heavy atom. The lowest BCUT2D eigenvalue weighted by atomic mass is 10.1. The minimum Gasteiger partial charge on any atom is -0.497 e. The van der Waals surface area contributed by atoms with Crippen molar-refractivity contribution in [1.82, 2.24) is 9.62 Å². The quantitative estimate of drug-likeness (QED) is 0.661. The van der Waals surface area contributed by atoms with E-state index in [4.69, 9.17) is 4.74 Å². The number of nitrogens with zero attached hydrogens (tertiary/aromatic N) is 1. The summed E-state index contributed by atoms with van der Waals surface area (Å²) in [6.07, 6.45) is 1.30. The Bertz CT molecular complexity index is 852. The van der Waals surface area contributed by atoms with Crippen LogP contribution in [0.15, 0.2) is 59.5 Å². The maximum atomic E-state index is 13.1. The molecule has 0 aliphatic heterocycles. The third-order valence-electron chi connectivity index (χ3n) is 4.53. The van der Waals surface area contributed by atoms with Gasteiger partial charge in [-0.1, -0.05) is 37.3 Å². The van der Waals surface area contributed by atoms with Crippen LogP contribution in [0.4, 0.5) is 0 Å². The molecule has 2 rings (SSSR count). The van der Waals surface area contributed by atoms with Crippen molar-refractivity contribution in [3.63, 3.8) is 0 Å². The third kappa shape index (κ3) is 6.07. The molecule has 1 amide bonds. The summed E-state index contributed by atoms with van der Waals surface area (Å²) in [6, 6.07) is 15.8. The Labute approximate surface area is 167 Å². The number of benzene rings is 2. The zero-order valence-electron chi connectivity index (χ0n) is 16.6. The van der Waals surface area contributed by atoms with Gasteiger partial charge in [0.05, 0.1) is 18.6 Å². The van der Waals surface area contributed by atoms with E-state index in [0.717, 1.165) is 12.0 Å². The molecule has 1 N–H and O–H groups in total. The van der Waals surface area contributed by atoms with Gasteiger partial charge < -0.3 is 10.1 Å². The molecule has 0 heterocycles. The average molecular weight is 405 g/mol. The number of hydrogen-bond donors (Lipinski definition) is 1. The molecule has 2 aromatic rings. The van der Waals surface area contributed by atoms with E-state index in [9.17, 15) is 13.2 Å². The molecule has 0 bridgehead atoms. The Kier molecular flexibility index (Phi) is 8.02. The molecule has 28 heavy (non-hydrogen) atoms. The number of nitrogens with one attached hydrogen (secondary N) is 1. The van der Waals surface area contributed by atoms with Gasteiger partial charge in [-0.15, -0.1) is 0 Å². The summed E-state index contributed by atoms with van der Waals surface area (Å²) in [6.45, 7) is 3.86. The maximum absolute atomic E-state index is 13.1. The average Bonchev–Trinajstić information content (AvgIpc) is 2.71. The Morgan fingerprint density at radius 1 is 1.11 bits per heavy atom. The van der Waals surface area contributed by atoms with E-state index in [1.807, 2.05) is 44.2 Å². The smallest absolute Gasteiger partial charge is 0.243 e. The van der Waals surface area contributed by atoms with Crippen molar-refractivity contribution in [2.45, 2.75) is 37.6 Å². The monoisotopic (exact) mass is 404 g/mol. The summed E-state index contributed by atoms with van der Waals surface area (Å²) < 4.78 is 32.6. The molecule has 0 fully saturated rings. The Morgan fingerprint density at radius 3 is 2.32 bits per heavy atom. The van der Waals surface area contributed by atoms with Gasteiger partial charge in [0.15, 0.2) is 0 Å². The first-order chi connectivity index (χ1) is 13.4. The maximum Gasteiger partial charge on any atom is 0.243 e. The molecule has 2 aromatic carbocycles. The zero-order valence-corrected chi connectivity index (χ0v) is 17.4. The van der Waals surface area contributed by atoms with Gasteiger partial charge in [-0.3, -0.25) is 4.79 Å². The highest BCUT2D eigenvalue weighted by Crippen LogP contribution is 2.20. The second-order valence-electron chi connectivity index (χ2n) is 6.63. The summed E-state index contributed by atoms with van der Waals surface area (Å²) in [5.41, 5.74) is 1.01. The van der Waals surface area contributed by atoms with Crippen LogP contribution in [0.25, 0.3) is 0 Å². The summed E-state index contributed by atoms with van der Waals surface area (Å²) in [7, 11) is -2.29. The Balaban J connectivity index is 2.22. The van der Waals surface area contributed by atoms with Gasteiger partial charge in [0.1, 0.15) is 5.75 Å². The summed E-state index contributed by atoms with van der Waals surface area (Å²) in [4.78, 5) is 12.5. The van der Waals surface area contributed by atoms with Crippen molar-refractivity contribution in [2.75, 3.05) is 20.2 Å². The molecular formula is C21H28N2O4S. The molecule has 0 radical (unpaired) electrons. The minimum atomic E-state index is -3.82. The number of sulfonamides is 1. The van der Waals surface area contributed by atoms with Gasteiger partial charge in [-0.2, -0.15) is 4.31 Å². The van der Waals surface area contributed by atoms with Crippen molar-refractivity contribution in [1.29, 1.82) is 0 Å². The predicted molar refractivity (Wildman–Crippen MR) is 110 cm³/mol. The number of methoxy groups -OCH3 is 1. The first-order valence-electron chi connectivity index (χ1n) is 9.34. The number of ether oxygens (including phenoxy) is 1. The normalized spacial score (nSPS) is 12.6. The van der Waals surface area contributed by atoms with E-state index in [2.05, 4.69) is 5.32 Å². The molecule has 0 spiro atoms. The van der Waals surface area contributed by atoms with Gasteiger partial charge in [-0.25, -0.2) is 8.42 Å². The summed E-state index contributed by atoms with van der Waals surface area (Å²) >= 11 is 0. The molecule has 0 unspecified atom stereocenters. The largest absolute Gasteiger partial charge is 0.497 e. The van der Waals surface area contributed by atoms with E-state index in [-0.39, 0.29) is 29.9 Å². The van der Waals surface area contributed by atoms with E-state index in [1.165, 1.54) is 23.5 Å². The fraction of sp³-hybridized carbons (Fsp3) is 0.381. The molecule has 0 saturated heterocycles. The molecule has 0 aromatic heterocycles.